The van der Waals surface area contributed by atoms with Crippen molar-refractivity contribution in [2.45, 2.75) is 10.8 Å². The number of thiazole rings is 1. The van der Waals surface area contributed by atoms with Crippen molar-refractivity contribution >= 4 is 40.5 Å². The molecule has 0 spiro atoms. The number of carbonyl (C=O) groups is 2. The molecule has 1 N–H and O–H groups in total. The lowest BCUT2D eigenvalue weighted by molar-refractivity contribution is -0.115. The molecule has 2 aromatic carbocycles. The molecule has 0 aliphatic heterocycles. The van der Waals surface area contributed by atoms with Crippen LogP contribution in [0.15, 0.2) is 52.2 Å². The van der Waals surface area contributed by atoms with Gasteiger partial charge in [0.1, 0.15) is 5.75 Å². The van der Waals surface area contributed by atoms with Crippen molar-refractivity contribution in [1.82, 2.24) is 4.98 Å². The van der Waals surface area contributed by atoms with Crippen molar-refractivity contribution in [3.05, 3.63) is 59.1 Å². The molecule has 0 aliphatic carbocycles. The number of aromatic nitrogens is 1. The molecule has 1 aromatic heterocycles. The Bertz CT molecular complexity index is 1050. The molecule has 3 aromatic rings. The second kappa shape index (κ2) is 10.8. The summed E-state index contributed by atoms with van der Waals surface area (Å²) in [5.41, 5.74) is 1.89. The Kier molecular flexibility index (Phi) is 7.91. The van der Waals surface area contributed by atoms with Crippen LogP contribution in [0.5, 0.6) is 17.2 Å². The van der Waals surface area contributed by atoms with Crippen LogP contribution in [0.4, 0.5) is 5.69 Å². The number of benzene rings is 2. The smallest absolute Gasteiger partial charge is 0.230 e. The molecule has 0 unspecified atom stereocenters. The third-order valence-corrected chi connectivity index (χ3v) is 6.35. The van der Waals surface area contributed by atoms with E-state index in [-0.39, 0.29) is 23.9 Å². The third-order valence-electron chi connectivity index (χ3n) is 4.28. The zero-order valence-corrected chi connectivity index (χ0v) is 19.0. The number of nitrogens with zero attached hydrogens (tertiary/aromatic N) is 1. The number of ketones is 1. The number of nitrogens with one attached hydrogen (secondary N) is 1. The molecule has 0 saturated heterocycles. The van der Waals surface area contributed by atoms with Gasteiger partial charge in [0.15, 0.2) is 21.6 Å². The highest BCUT2D eigenvalue weighted by molar-refractivity contribution is 8.01. The van der Waals surface area contributed by atoms with E-state index in [0.717, 1.165) is 4.34 Å². The summed E-state index contributed by atoms with van der Waals surface area (Å²) in [6.45, 7) is 0. The molecule has 1 heterocycles. The van der Waals surface area contributed by atoms with E-state index in [1.165, 1.54) is 30.2 Å². The van der Waals surface area contributed by atoms with Crippen LogP contribution < -0.4 is 19.5 Å². The van der Waals surface area contributed by atoms with Gasteiger partial charge < -0.3 is 19.5 Å². The van der Waals surface area contributed by atoms with E-state index in [4.69, 9.17) is 14.2 Å². The summed E-state index contributed by atoms with van der Waals surface area (Å²) in [5, 5.41) is 4.65. The highest BCUT2D eigenvalue weighted by Gasteiger charge is 2.12. The molecule has 9 heteroatoms. The minimum absolute atomic E-state index is 0.00981. The average Bonchev–Trinajstić information content (AvgIpc) is 3.24. The number of amides is 1. The fourth-order valence-corrected chi connectivity index (χ4v) is 4.45. The zero-order chi connectivity index (χ0) is 22.2. The number of methoxy groups -OCH3 is 3. The standard InChI is InChI=1S/C22H22N2O5S2/c1-27-17-7-4-14(5-8-17)18(25)13-31-22-24-16(12-30-22)11-21(26)23-15-6-9-19(28-2)20(10-15)29-3/h4-10,12H,11,13H2,1-3H3,(H,23,26). The van der Waals surface area contributed by atoms with Gasteiger partial charge in [0.05, 0.1) is 39.2 Å². The van der Waals surface area contributed by atoms with E-state index in [0.29, 0.717) is 34.2 Å². The Hall–Kier alpha value is -3.04. The molecule has 0 bridgehead atoms. The van der Waals surface area contributed by atoms with Crippen LogP contribution >= 0.6 is 23.1 Å². The predicted octanol–water partition coefficient (Wildman–Crippen LogP) is 4.33. The molecule has 0 radical (unpaired) electrons. The maximum Gasteiger partial charge on any atom is 0.230 e. The quantitative estimate of drug-likeness (QED) is 0.357. The first kappa shape index (κ1) is 22.6. The summed E-state index contributed by atoms with van der Waals surface area (Å²) >= 11 is 2.77. The van der Waals surface area contributed by atoms with Gasteiger partial charge in [-0.3, -0.25) is 9.59 Å². The molecule has 7 nitrogen and oxygen atoms in total. The number of rotatable bonds is 10. The maximum absolute atomic E-state index is 12.4. The minimum atomic E-state index is -0.191. The first-order valence-electron chi connectivity index (χ1n) is 9.28. The van der Waals surface area contributed by atoms with Crippen LogP contribution in [0.2, 0.25) is 0 Å². The molecule has 31 heavy (non-hydrogen) atoms. The SMILES string of the molecule is COc1ccc(C(=O)CSc2nc(CC(=O)Nc3ccc(OC)c(OC)c3)cs2)cc1. The van der Waals surface area contributed by atoms with E-state index in [9.17, 15) is 9.59 Å². The molecular weight excluding hydrogens is 436 g/mol. The lowest BCUT2D eigenvalue weighted by Crippen LogP contribution is -2.14. The Morgan fingerprint density at radius 2 is 1.74 bits per heavy atom. The molecule has 0 fully saturated rings. The fourth-order valence-electron chi connectivity index (χ4n) is 2.71. The summed E-state index contributed by atoms with van der Waals surface area (Å²) in [6.07, 6.45) is 0.137. The van der Waals surface area contributed by atoms with Gasteiger partial charge in [0.25, 0.3) is 0 Å². The van der Waals surface area contributed by atoms with Crippen LogP contribution in [0, 0.1) is 0 Å². The molecule has 0 aliphatic rings. The molecule has 1 amide bonds. The van der Waals surface area contributed by atoms with Gasteiger partial charge in [-0.25, -0.2) is 4.98 Å². The second-order valence-corrected chi connectivity index (χ2v) is 8.42. The highest BCUT2D eigenvalue weighted by atomic mass is 32.2. The van der Waals surface area contributed by atoms with Crippen LogP contribution in [0.1, 0.15) is 16.1 Å². The van der Waals surface area contributed by atoms with Crippen molar-refractivity contribution in [2.24, 2.45) is 0 Å². The van der Waals surface area contributed by atoms with Crippen LogP contribution in [0.25, 0.3) is 0 Å². The topological polar surface area (TPSA) is 86.8 Å². The number of Topliss-reactive ketones (excluding diaryl/α,β-unsaturated/α-hetero) is 1. The van der Waals surface area contributed by atoms with Gasteiger partial charge >= 0.3 is 0 Å². The Morgan fingerprint density at radius 1 is 1.00 bits per heavy atom. The Balaban J connectivity index is 1.52. The molecule has 0 saturated carbocycles. The maximum atomic E-state index is 12.4. The Labute approximate surface area is 188 Å². The van der Waals surface area contributed by atoms with Crippen LogP contribution in [0.3, 0.4) is 0 Å². The number of hydrogen-bond acceptors (Lipinski definition) is 8. The number of anilines is 1. The normalized spacial score (nSPS) is 10.4. The van der Waals surface area contributed by atoms with Gasteiger partial charge in [-0.1, -0.05) is 11.8 Å². The summed E-state index contributed by atoms with van der Waals surface area (Å²) in [7, 11) is 4.68. The lowest BCUT2D eigenvalue weighted by atomic mass is 10.1. The van der Waals surface area contributed by atoms with Gasteiger partial charge in [0.2, 0.25) is 5.91 Å². The molecule has 162 valence electrons. The molecular formula is C22H22N2O5S2. The summed E-state index contributed by atoms with van der Waals surface area (Å²) in [4.78, 5) is 29.1. The van der Waals surface area contributed by atoms with Gasteiger partial charge in [-0.2, -0.15) is 0 Å². The van der Waals surface area contributed by atoms with E-state index < -0.39 is 0 Å². The molecule has 0 atom stereocenters. The second-order valence-electron chi connectivity index (χ2n) is 6.34. The monoisotopic (exact) mass is 458 g/mol. The summed E-state index contributed by atoms with van der Waals surface area (Å²) in [6, 6.07) is 12.2. The van der Waals surface area contributed by atoms with E-state index in [1.807, 2.05) is 5.38 Å². The van der Waals surface area contributed by atoms with E-state index in [1.54, 1.807) is 56.7 Å². The highest BCUT2D eigenvalue weighted by Crippen LogP contribution is 2.30. The Morgan fingerprint density at radius 3 is 2.42 bits per heavy atom. The van der Waals surface area contributed by atoms with Crippen molar-refractivity contribution in [2.75, 3.05) is 32.4 Å². The number of thioether (sulfide) groups is 1. The zero-order valence-electron chi connectivity index (χ0n) is 17.3. The lowest BCUT2D eigenvalue weighted by Gasteiger charge is -2.10. The number of hydrogen-bond donors (Lipinski definition) is 1. The van der Waals surface area contributed by atoms with Crippen molar-refractivity contribution < 1.29 is 23.8 Å². The third kappa shape index (κ3) is 6.22. The summed E-state index contributed by atoms with van der Waals surface area (Å²) < 4.78 is 16.3. The van der Waals surface area contributed by atoms with Crippen molar-refractivity contribution in [1.29, 1.82) is 0 Å². The predicted molar refractivity (Wildman–Crippen MR) is 122 cm³/mol. The number of ether oxygens (including phenoxy) is 3. The largest absolute Gasteiger partial charge is 0.497 e. The van der Waals surface area contributed by atoms with Gasteiger partial charge in [-0.15, -0.1) is 11.3 Å². The summed E-state index contributed by atoms with van der Waals surface area (Å²) in [5.74, 6) is 1.93. The minimum Gasteiger partial charge on any atom is -0.497 e. The first-order chi connectivity index (χ1) is 15.0. The van der Waals surface area contributed by atoms with E-state index >= 15 is 0 Å². The van der Waals surface area contributed by atoms with Gasteiger partial charge in [0, 0.05) is 22.7 Å². The van der Waals surface area contributed by atoms with E-state index in [2.05, 4.69) is 10.3 Å². The molecule has 3 rings (SSSR count). The van der Waals surface area contributed by atoms with Crippen LogP contribution in [-0.4, -0.2) is 43.8 Å². The van der Waals surface area contributed by atoms with Crippen molar-refractivity contribution in [3.63, 3.8) is 0 Å². The fraction of sp³-hybridized carbons (Fsp3) is 0.227. The number of carbonyl (C=O) groups excluding carboxylic acids is 2. The van der Waals surface area contributed by atoms with Crippen LogP contribution in [-0.2, 0) is 11.2 Å². The first-order valence-corrected chi connectivity index (χ1v) is 11.1. The van der Waals surface area contributed by atoms with Crippen molar-refractivity contribution in [3.8, 4) is 17.2 Å². The van der Waals surface area contributed by atoms with Gasteiger partial charge in [-0.05, 0) is 36.4 Å². The average molecular weight is 459 g/mol.